The number of ether oxygens (including phenoxy) is 1. The second-order valence-electron chi connectivity index (χ2n) is 12.3. The van der Waals surface area contributed by atoms with Gasteiger partial charge in [-0.15, -0.1) is 0 Å². The number of hydrogen-bond acceptors (Lipinski definition) is 3. The highest BCUT2D eigenvalue weighted by atomic mass is 16.5. The number of phenols is 1. The molecule has 4 atom stereocenters. The number of quaternary nitrogens is 1. The van der Waals surface area contributed by atoms with E-state index in [1.807, 2.05) is 55.6 Å². The Morgan fingerprint density at radius 1 is 1.13 bits per heavy atom. The smallest absolute Gasteiger partial charge is 0.251 e. The molecule has 5 rings (SSSR count). The van der Waals surface area contributed by atoms with Crippen LogP contribution in [0.4, 0.5) is 0 Å². The number of hydrogen-bond donors (Lipinski definition) is 2. The first kappa shape index (κ1) is 27.4. The first-order valence-corrected chi connectivity index (χ1v) is 14.3. The van der Waals surface area contributed by atoms with Crippen molar-refractivity contribution in [2.24, 2.45) is 5.92 Å². The number of phenolic OH excluding ortho intramolecular Hbond substituents is 1. The minimum Gasteiger partial charge on any atom is -0.508 e. The normalized spacial score (nSPS) is 28.7. The first-order chi connectivity index (χ1) is 18.7. The lowest BCUT2D eigenvalue weighted by atomic mass is 9.54. The summed E-state index contributed by atoms with van der Waals surface area (Å²) in [5.74, 6) is 0.799. The third kappa shape index (κ3) is 5.10. The number of methoxy groups -OCH3 is 1. The summed E-state index contributed by atoms with van der Waals surface area (Å²) in [6.07, 6.45) is 5.45. The van der Waals surface area contributed by atoms with Crippen LogP contribution < -0.4 is 5.32 Å². The number of likely N-dealkylation sites (tertiary alicyclic amines) is 1. The van der Waals surface area contributed by atoms with E-state index >= 15 is 0 Å². The number of benzene rings is 3. The molecule has 0 bridgehead atoms. The molecule has 1 amide bonds. The van der Waals surface area contributed by atoms with Gasteiger partial charge in [-0.05, 0) is 65.9 Å². The van der Waals surface area contributed by atoms with E-state index in [2.05, 4.69) is 44.0 Å². The van der Waals surface area contributed by atoms with Crippen molar-refractivity contribution in [1.82, 2.24) is 5.32 Å². The number of nitrogens with zero attached hydrogens (tertiary/aromatic N) is 1. The van der Waals surface area contributed by atoms with Gasteiger partial charge in [-0.25, -0.2) is 0 Å². The molecule has 2 aliphatic rings. The minimum absolute atomic E-state index is 0.0131. The molecule has 1 saturated heterocycles. The van der Waals surface area contributed by atoms with Crippen LogP contribution in [0.25, 0.3) is 10.8 Å². The Morgan fingerprint density at radius 2 is 1.92 bits per heavy atom. The molecule has 2 fully saturated rings. The number of nitrogens with one attached hydrogen (secondary N) is 1. The van der Waals surface area contributed by atoms with Crippen LogP contribution in [0.15, 0.2) is 79.4 Å². The summed E-state index contributed by atoms with van der Waals surface area (Å²) in [4.78, 5) is 13.5. The third-order valence-corrected chi connectivity index (χ3v) is 9.37. The summed E-state index contributed by atoms with van der Waals surface area (Å²) in [5.41, 5.74) is 1.07. The zero-order valence-corrected chi connectivity index (χ0v) is 23.7. The van der Waals surface area contributed by atoms with Crippen molar-refractivity contribution in [2.75, 3.05) is 33.3 Å². The van der Waals surface area contributed by atoms with Crippen molar-refractivity contribution >= 4 is 16.7 Å². The lowest BCUT2D eigenvalue weighted by Gasteiger charge is -2.62. The topological polar surface area (TPSA) is 58.6 Å². The molecule has 0 radical (unpaired) electrons. The number of carbonyl (C=O) groups excluding carboxylic acids is 1. The van der Waals surface area contributed by atoms with Crippen LogP contribution in [0, 0.1) is 5.92 Å². The molecule has 1 unspecified atom stereocenters. The third-order valence-electron chi connectivity index (χ3n) is 9.37. The van der Waals surface area contributed by atoms with Crippen molar-refractivity contribution < 1.29 is 19.1 Å². The van der Waals surface area contributed by atoms with Crippen molar-refractivity contribution in [3.8, 4) is 5.75 Å². The van der Waals surface area contributed by atoms with Gasteiger partial charge in [0.25, 0.3) is 5.91 Å². The van der Waals surface area contributed by atoms with E-state index in [4.69, 9.17) is 4.74 Å². The lowest BCUT2D eigenvalue weighted by molar-refractivity contribution is -0.938. The Hall–Kier alpha value is -3.15. The van der Waals surface area contributed by atoms with Crippen LogP contribution in [-0.2, 0) is 10.2 Å². The standard InChI is InChI=1S/C34H42N2O3/c1-5-18-36(23-25(2)3)19-17-33(29-11-8-12-31(37)21-29)22-30(15-16-34(33,24-36)39-4)35-32(38)28-14-13-26-9-6-7-10-27(26)20-28/h5-14,20-21,25,30H,1,15-19,22-24H2,2-4H3,(H-,35,37,38)/p+1/t30-,33+,34?,36-/m0/s1. The van der Waals surface area contributed by atoms with Crippen molar-refractivity contribution in [3.63, 3.8) is 0 Å². The molecule has 3 aromatic rings. The Balaban J connectivity index is 1.48. The highest BCUT2D eigenvalue weighted by molar-refractivity contribution is 5.98. The average Bonchev–Trinajstić information content (AvgIpc) is 2.92. The second kappa shape index (κ2) is 10.8. The van der Waals surface area contributed by atoms with Gasteiger partial charge in [-0.3, -0.25) is 4.79 Å². The predicted molar refractivity (Wildman–Crippen MR) is 158 cm³/mol. The van der Waals surface area contributed by atoms with Gasteiger partial charge in [0.15, 0.2) is 0 Å². The van der Waals surface area contributed by atoms with E-state index in [1.54, 1.807) is 6.07 Å². The number of carbonyl (C=O) groups is 1. The van der Waals surface area contributed by atoms with Crippen LogP contribution >= 0.6 is 0 Å². The summed E-state index contributed by atoms with van der Waals surface area (Å²) in [6, 6.07) is 21.8. The van der Waals surface area contributed by atoms with E-state index in [-0.39, 0.29) is 23.1 Å². The number of fused-ring (bicyclic) bond motifs is 2. The van der Waals surface area contributed by atoms with E-state index in [9.17, 15) is 9.90 Å². The zero-order chi connectivity index (χ0) is 27.7. The molecule has 3 aromatic carbocycles. The second-order valence-corrected chi connectivity index (χ2v) is 12.3. The van der Waals surface area contributed by atoms with Crippen LogP contribution in [0.5, 0.6) is 5.75 Å². The van der Waals surface area contributed by atoms with Gasteiger partial charge in [0, 0.05) is 36.5 Å². The maximum atomic E-state index is 13.5. The van der Waals surface area contributed by atoms with Crippen LogP contribution in [-0.4, -0.2) is 60.4 Å². The molecule has 0 aromatic heterocycles. The molecule has 5 nitrogen and oxygen atoms in total. The van der Waals surface area contributed by atoms with Crippen LogP contribution in [0.2, 0.25) is 0 Å². The molecular weight excluding hydrogens is 484 g/mol. The Labute approximate surface area is 233 Å². The number of amides is 1. The molecular formula is C34H43N2O3+. The molecule has 206 valence electrons. The first-order valence-electron chi connectivity index (χ1n) is 14.3. The number of piperidine rings is 1. The fraction of sp³-hybridized carbons (Fsp3) is 0.441. The van der Waals surface area contributed by atoms with Crippen molar-refractivity contribution in [1.29, 1.82) is 0 Å². The summed E-state index contributed by atoms with van der Waals surface area (Å²) in [6.45, 7) is 12.6. The van der Waals surface area contributed by atoms with Gasteiger partial charge >= 0.3 is 0 Å². The summed E-state index contributed by atoms with van der Waals surface area (Å²) in [5, 5.41) is 16.1. The Morgan fingerprint density at radius 3 is 2.64 bits per heavy atom. The van der Waals surface area contributed by atoms with Gasteiger partial charge in [-0.1, -0.05) is 62.9 Å². The molecule has 39 heavy (non-hydrogen) atoms. The number of aromatic hydroxyl groups is 1. The molecule has 2 N–H and O–H groups in total. The van der Waals surface area contributed by atoms with Crippen LogP contribution in [0.3, 0.4) is 0 Å². The predicted octanol–water partition coefficient (Wildman–Crippen LogP) is 6.21. The van der Waals surface area contributed by atoms with E-state index in [0.717, 1.165) is 72.7 Å². The van der Waals surface area contributed by atoms with E-state index in [0.29, 0.717) is 11.5 Å². The maximum absolute atomic E-state index is 13.5. The van der Waals surface area contributed by atoms with Gasteiger partial charge in [0.1, 0.15) is 17.9 Å². The lowest BCUT2D eigenvalue weighted by Crippen LogP contribution is -2.73. The molecule has 1 aliphatic carbocycles. The molecule has 5 heteroatoms. The largest absolute Gasteiger partial charge is 0.508 e. The van der Waals surface area contributed by atoms with Gasteiger partial charge in [0.05, 0.1) is 19.6 Å². The molecule has 1 heterocycles. The monoisotopic (exact) mass is 527 g/mol. The van der Waals surface area contributed by atoms with Crippen molar-refractivity contribution in [2.45, 2.75) is 56.6 Å². The average molecular weight is 528 g/mol. The highest BCUT2D eigenvalue weighted by Gasteiger charge is 2.63. The van der Waals surface area contributed by atoms with Gasteiger partial charge < -0.3 is 19.6 Å². The minimum atomic E-state index is -0.402. The fourth-order valence-electron chi connectivity index (χ4n) is 7.81. The number of rotatable bonds is 8. The van der Waals surface area contributed by atoms with Gasteiger partial charge in [0.2, 0.25) is 0 Å². The SMILES string of the molecule is C=CC[N@@+]1(CC(C)C)CC[C@]2(c3cccc(O)c3)C[C@@H](NC(=O)c3ccc4ccccc4c3)CCC2(OC)C1. The van der Waals surface area contributed by atoms with E-state index in [1.165, 1.54) is 0 Å². The zero-order valence-electron chi connectivity index (χ0n) is 23.7. The maximum Gasteiger partial charge on any atom is 0.251 e. The highest BCUT2D eigenvalue weighted by Crippen LogP contribution is 2.55. The molecule has 1 saturated carbocycles. The van der Waals surface area contributed by atoms with E-state index < -0.39 is 5.60 Å². The van der Waals surface area contributed by atoms with Crippen molar-refractivity contribution in [3.05, 3.63) is 90.5 Å². The Kier molecular flexibility index (Phi) is 7.58. The Bertz CT molecular complexity index is 1350. The fourth-order valence-corrected chi connectivity index (χ4v) is 7.81. The quantitative estimate of drug-likeness (QED) is 0.270. The molecule has 0 spiro atoms. The summed E-state index contributed by atoms with van der Waals surface area (Å²) in [7, 11) is 1.86. The van der Waals surface area contributed by atoms with Gasteiger partial charge in [-0.2, -0.15) is 0 Å². The summed E-state index contributed by atoms with van der Waals surface area (Å²) < 4.78 is 7.57. The summed E-state index contributed by atoms with van der Waals surface area (Å²) >= 11 is 0. The molecule has 1 aliphatic heterocycles. The van der Waals surface area contributed by atoms with Crippen LogP contribution in [0.1, 0.15) is 55.5 Å².